The minimum atomic E-state index is -0.710. The number of fused-ring (bicyclic) bond motifs is 3. The summed E-state index contributed by atoms with van der Waals surface area (Å²) in [6, 6.07) is 2.08. The molecule has 10 nitrogen and oxygen atoms in total. The van der Waals surface area contributed by atoms with Gasteiger partial charge in [0.1, 0.15) is 5.82 Å². The number of rotatable bonds is 3. The molecule has 3 unspecified atom stereocenters. The van der Waals surface area contributed by atoms with Gasteiger partial charge < -0.3 is 30.8 Å². The van der Waals surface area contributed by atoms with Gasteiger partial charge in [0, 0.05) is 30.5 Å². The Kier molecular flexibility index (Phi) is 4.42. The molecule has 5 fully saturated rings. The average molecular weight is 467 g/mol. The SMILES string of the molecule is O=C(Nc1nn(C2[C@@H]3CC4C[C@H]2CC(O)(C4)C3)c2c1CNc1[nH]ccc1-2)C(=O)N[C@@H]1CCOC1. The number of H-pyrrole nitrogens is 1. The summed E-state index contributed by atoms with van der Waals surface area (Å²) < 4.78 is 7.40. The Balaban J connectivity index is 1.23. The Morgan fingerprint density at radius 2 is 2.03 bits per heavy atom. The van der Waals surface area contributed by atoms with Gasteiger partial charge in [-0.25, -0.2) is 0 Å². The molecule has 4 bridgehead atoms. The highest BCUT2D eigenvalue weighted by Gasteiger charge is 2.56. The average Bonchev–Trinajstić information content (AvgIpc) is 3.52. The second-order valence-corrected chi connectivity index (χ2v) is 10.9. The molecule has 5 N–H and O–H groups in total. The van der Waals surface area contributed by atoms with Crippen LogP contribution in [0.15, 0.2) is 12.3 Å². The first-order valence-corrected chi connectivity index (χ1v) is 12.4. The van der Waals surface area contributed by atoms with Gasteiger partial charge in [-0.3, -0.25) is 14.3 Å². The van der Waals surface area contributed by atoms with Crippen LogP contribution in [0.1, 0.15) is 50.1 Å². The Morgan fingerprint density at radius 3 is 2.76 bits per heavy atom. The van der Waals surface area contributed by atoms with Crippen LogP contribution in [-0.4, -0.2) is 56.5 Å². The molecule has 4 aliphatic carbocycles. The number of nitrogens with one attached hydrogen (secondary N) is 4. The lowest BCUT2D eigenvalue weighted by Crippen LogP contribution is -2.55. The van der Waals surface area contributed by atoms with Gasteiger partial charge in [-0.15, -0.1) is 0 Å². The summed E-state index contributed by atoms with van der Waals surface area (Å²) in [5.74, 6) is 1.33. The van der Waals surface area contributed by atoms with E-state index in [2.05, 4.69) is 25.6 Å². The van der Waals surface area contributed by atoms with Gasteiger partial charge in [0.2, 0.25) is 0 Å². The lowest BCUT2D eigenvalue weighted by atomic mass is 9.52. The van der Waals surface area contributed by atoms with Gasteiger partial charge in [-0.05, 0) is 62.3 Å². The van der Waals surface area contributed by atoms with Crippen molar-refractivity contribution >= 4 is 23.5 Å². The van der Waals surface area contributed by atoms with E-state index in [4.69, 9.17) is 9.84 Å². The van der Waals surface area contributed by atoms with Crippen molar-refractivity contribution in [1.82, 2.24) is 20.1 Å². The van der Waals surface area contributed by atoms with E-state index in [0.717, 1.165) is 54.7 Å². The van der Waals surface area contributed by atoms with Crippen LogP contribution in [0.3, 0.4) is 0 Å². The van der Waals surface area contributed by atoms with E-state index in [1.165, 1.54) is 0 Å². The molecule has 2 aromatic heterocycles. The molecule has 4 saturated carbocycles. The van der Waals surface area contributed by atoms with Crippen LogP contribution in [0.5, 0.6) is 0 Å². The van der Waals surface area contributed by atoms with Gasteiger partial charge in [0.25, 0.3) is 0 Å². The van der Waals surface area contributed by atoms with Crippen molar-refractivity contribution < 1.29 is 19.4 Å². The van der Waals surface area contributed by atoms with Gasteiger partial charge in [0.05, 0.1) is 30.0 Å². The molecule has 10 heteroatoms. The Bertz CT molecular complexity index is 1150. The molecule has 0 aromatic carbocycles. The number of aromatic amines is 1. The second-order valence-electron chi connectivity index (χ2n) is 10.9. The van der Waals surface area contributed by atoms with Crippen LogP contribution in [0.25, 0.3) is 11.3 Å². The third-order valence-electron chi connectivity index (χ3n) is 8.63. The smallest absolute Gasteiger partial charge is 0.314 e. The topological polar surface area (TPSA) is 133 Å². The number of hydrogen-bond acceptors (Lipinski definition) is 6. The van der Waals surface area contributed by atoms with Crippen LogP contribution in [0, 0.1) is 17.8 Å². The molecule has 180 valence electrons. The number of carbonyl (C=O) groups is 2. The van der Waals surface area contributed by atoms with E-state index in [-0.39, 0.29) is 12.1 Å². The van der Waals surface area contributed by atoms with Gasteiger partial charge in [-0.2, -0.15) is 5.10 Å². The van der Waals surface area contributed by atoms with Crippen LogP contribution in [0.4, 0.5) is 11.6 Å². The normalized spacial score (nSPS) is 34.9. The molecule has 4 heterocycles. The van der Waals surface area contributed by atoms with E-state index in [1.807, 2.05) is 12.3 Å². The quantitative estimate of drug-likeness (QED) is 0.438. The summed E-state index contributed by atoms with van der Waals surface area (Å²) in [4.78, 5) is 28.5. The van der Waals surface area contributed by atoms with Gasteiger partial charge in [-0.1, -0.05) is 0 Å². The third kappa shape index (κ3) is 3.11. The number of hydrogen-bond donors (Lipinski definition) is 5. The zero-order valence-corrected chi connectivity index (χ0v) is 19.0. The molecular weight excluding hydrogens is 436 g/mol. The molecule has 6 atom stereocenters. The van der Waals surface area contributed by atoms with Crippen LogP contribution >= 0.6 is 0 Å². The number of aliphatic hydroxyl groups is 1. The standard InChI is InChI=1S/C24H30N6O4/c31-22(27-15-2-4-34-11-15)23(32)28-21-17-10-26-20-16(1-3-25-20)19(17)30(29-21)18-13-5-12-6-14(18)9-24(33,7-12)8-13/h1,3,12-15,18,25-26,33H,2,4-11H2,(H,27,31)(H,28,29,32)/t12?,13-,14+,15-,18?,24?/m1/s1. The van der Waals surface area contributed by atoms with Crippen molar-refractivity contribution in [3.8, 4) is 11.3 Å². The van der Waals surface area contributed by atoms with E-state index in [1.54, 1.807) is 0 Å². The molecule has 8 rings (SSSR count). The van der Waals surface area contributed by atoms with Crippen molar-refractivity contribution in [3.05, 3.63) is 17.8 Å². The van der Waals surface area contributed by atoms with Gasteiger partial charge in [0.15, 0.2) is 5.82 Å². The van der Waals surface area contributed by atoms with Crippen LogP contribution in [0.2, 0.25) is 0 Å². The minimum Gasteiger partial charge on any atom is -0.390 e. The molecule has 2 aromatic rings. The summed E-state index contributed by atoms with van der Waals surface area (Å²) in [6.45, 7) is 1.53. The van der Waals surface area contributed by atoms with Crippen molar-refractivity contribution in [3.63, 3.8) is 0 Å². The number of anilines is 2. The first-order chi connectivity index (χ1) is 16.5. The van der Waals surface area contributed by atoms with E-state index in [0.29, 0.717) is 49.8 Å². The summed E-state index contributed by atoms with van der Waals surface area (Å²) >= 11 is 0. The maximum absolute atomic E-state index is 12.8. The monoisotopic (exact) mass is 466 g/mol. The first-order valence-electron chi connectivity index (χ1n) is 12.4. The summed E-state index contributed by atoms with van der Waals surface area (Å²) in [5, 5.41) is 24.9. The van der Waals surface area contributed by atoms with Crippen molar-refractivity contribution in [1.29, 1.82) is 0 Å². The second kappa shape index (κ2) is 7.32. The summed E-state index contributed by atoms with van der Waals surface area (Å²) in [6.07, 6.45) is 7.39. The largest absolute Gasteiger partial charge is 0.390 e. The van der Waals surface area contributed by atoms with E-state index in [9.17, 15) is 14.7 Å². The molecule has 34 heavy (non-hydrogen) atoms. The molecule has 0 spiro atoms. The Labute approximate surface area is 196 Å². The molecular formula is C24H30N6O4. The summed E-state index contributed by atoms with van der Waals surface area (Å²) in [5.41, 5.74) is 2.39. The molecule has 2 amide bonds. The maximum atomic E-state index is 12.8. The number of nitrogens with zero attached hydrogens (tertiary/aromatic N) is 2. The molecule has 6 aliphatic rings. The first kappa shape index (κ1) is 20.5. The summed E-state index contributed by atoms with van der Waals surface area (Å²) in [7, 11) is 0. The zero-order chi connectivity index (χ0) is 23.0. The van der Waals surface area contributed by atoms with Crippen molar-refractivity contribution in [2.24, 2.45) is 17.8 Å². The minimum absolute atomic E-state index is 0.132. The highest BCUT2D eigenvalue weighted by atomic mass is 16.5. The highest BCUT2D eigenvalue weighted by molar-refractivity contribution is 6.39. The zero-order valence-electron chi connectivity index (χ0n) is 19.0. The fraction of sp³-hybridized carbons (Fsp3) is 0.625. The Morgan fingerprint density at radius 1 is 1.21 bits per heavy atom. The maximum Gasteiger partial charge on any atom is 0.314 e. The number of aromatic nitrogens is 3. The fourth-order valence-electron chi connectivity index (χ4n) is 7.55. The van der Waals surface area contributed by atoms with Gasteiger partial charge >= 0.3 is 11.8 Å². The van der Waals surface area contributed by atoms with Crippen LogP contribution in [-0.2, 0) is 20.9 Å². The number of carbonyl (C=O) groups excluding carboxylic acids is 2. The third-order valence-corrected chi connectivity index (χ3v) is 8.63. The van der Waals surface area contributed by atoms with Crippen LogP contribution < -0.4 is 16.0 Å². The number of amides is 2. The van der Waals surface area contributed by atoms with E-state index < -0.39 is 17.4 Å². The predicted molar refractivity (Wildman–Crippen MR) is 123 cm³/mol. The fourth-order valence-corrected chi connectivity index (χ4v) is 7.55. The lowest BCUT2D eigenvalue weighted by Gasteiger charge is -2.58. The van der Waals surface area contributed by atoms with E-state index >= 15 is 0 Å². The van der Waals surface area contributed by atoms with Crippen molar-refractivity contribution in [2.45, 2.75) is 62.8 Å². The highest BCUT2D eigenvalue weighted by Crippen LogP contribution is 2.60. The molecule has 0 radical (unpaired) electrons. The van der Waals surface area contributed by atoms with Crippen molar-refractivity contribution in [2.75, 3.05) is 23.8 Å². The molecule has 1 saturated heterocycles. The lowest BCUT2D eigenvalue weighted by molar-refractivity contribution is -0.148. The Hall–Kier alpha value is -2.85. The molecule has 2 aliphatic heterocycles. The predicted octanol–water partition coefficient (Wildman–Crippen LogP) is 1.76. The number of ether oxygens (including phenoxy) is 1.